The molecule has 1 aromatic carbocycles. The summed E-state index contributed by atoms with van der Waals surface area (Å²) in [5.74, 6) is 1.24. The van der Waals surface area contributed by atoms with Gasteiger partial charge in [0.1, 0.15) is 23.4 Å². The van der Waals surface area contributed by atoms with Crippen LogP contribution in [0.25, 0.3) is 11.5 Å². The number of methoxy groups -OCH3 is 2. The third-order valence-electron chi connectivity index (χ3n) is 4.39. The zero-order chi connectivity index (χ0) is 16.8. The van der Waals surface area contributed by atoms with E-state index in [9.17, 15) is 9.90 Å². The molecule has 1 aromatic rings. The predicted octanol–water partition coefficient (Wildman–Crippen LogP) is 1.76. The molecule has 24 heavy (non-hydrogen) atoms. The van der Waals surface area contributed by atoms with E-state index in [1.165, 1.54) is 0 Å². The maximum Gasteiger partial charge on any atom is 0.184 e. The van der Waals surface area contributed by atoms with Crippen LogP contribution in [0.5, 0.6) is 11.5 Å². The largest absolute Gasteiger partial charge is 0.503 e. The number of aliphatic hydroxyl groups excluding tert-OH is 1. The highest BCUT2D eigenvalue weighted by molar-refractivity contribution is 6.02. The van der Waals surface area contributed by atoms with Crippen LogP contribution < -0.4 is 14.4 Å². The second kappa shape index (κ2) is 5.25. The molecule has 0 saturated carbocycles. The number of carbonyl (C=O) groups excluding carboxylic acids is 1. The van der Waals surface area contributed by atoms with Crippen molar-refractivity contribution >= 4 is 17.2 Å². The quantitative estimate of drug-likeness (QED) is 0.871. The van der Waals surface area contributed by atoms with Gasteiger partial charge in [-0.1, -0.05) is 0 Å². The van der Waals surface area contributed by atoms with E-state index in [4.69, 9.17) is 9.47 Å². The molecular formula is C19H16NO4+. The lowest BCUT2D eigenvalue weighted by atomic mass is 9.91. The highest BCUT2D eigenvalue weighted by Gasteiger charge is 2.36. The molecule has 0 aromatic heterocycles. The summed E-state index contributed by atoms with van der Waals surface area (Å²) in [4.78, 5) is 12.6. The molecule has 0 saturated heterocycles. The molecule has 0 radical (unpaired) electrons. The van der Waals surface area contributed by atoms with Crippen LogP contribution in [0.2, 0.25) is 0 Å². The number of fused-ring (bicyclic) bond motifs is 5. The van der Waals surface area contributed by atoms with Gasteiger partial charge in [0.2, 0.25) is 0 Å². The number of aliphatic hydroxyl groups is 1. The minimum absolute atomic E-state index is 0.0576. The van der Waals surface area contributed by atoms with E-state index < -0.39 is 0 Å². The van der Waals surface area contributed by atoms with Crippen LogP contribution in [0.1, 0.15) is 11.1 Å². The number of benzene rings is 1. The lowest BCUT2D eigenvalue weighted by molar-refractivity contribution is -0.720. The summed E-state index contributed by atoms with van der Waals surface area (Å²) in [5.41, 5.74) is 4.15. The molecule has 120 valence electrons. The van der Waals surface area contributed by atoms with Gasteiger partial charge in [-0.25, -0.2) is 4.90 Å². The Morgan fingerprint density at radius 2 is 1.88 bits per heavy atom. The number of hydrogen-bond donors (Lipinski definition) is 2. The Kier molecular flexibility index (Phi) is 3.18. The molecule has 0 spiro atoms. The molecule has 1 unspecified atom stereocenters. The SMILES string of the molecule is COc1cc(OC)c2c(c1)C1=CC=C3C=CC(=O)C=C3[NH+]1C=C2O. The Labute approximate surface area is 139 Å². The molecule has 5 heteroatoms. The molecule has 2 aliphatic heterocycles. The molecule has 0 amide bonds. The maximum absolute atomic E-state index is 11.8. The van der Waals surface area contributed by atoms with E-state index in [2.05, 4.69) is 0 Å². The second-order valence-corrected chi connectivity index (χ2v) is 5.69. The first-order chi connectivity index (χ1) is 11.6. The summed E-state index contributed by atoms with van der Waals surface area (Å²) in [6.07, 6.45) is 10.6. The summed E-state index contributed by atoms with van der Waals surface area (Å²) < 4.78 is 10.8. The van der Waals surface area contributed by atoms with E-state index in [-0.39, 0.29) is 11.5 Å². The number of allylic oxidation sites excluding steroid dienone is 5. The molecule has 5 nitrogen and oxygen atoms in total. The van der Waals surface area contributed by atoms with Gasteiger partial charge in [0.25, 0.3) is 0 Å². The van der Waals surface area contributed by atoms with Crippen molar-refractivity contribution in [2.45, 2.75) is 0 Å². The zero-order valence-corrected chi connectivity index (χ0v) is 13.3. The fourth-order valence-corrected chi connectivity index (χ4v) is 3.27. The molecule has 0 bridgehead atoms. The molecule has 3 aliphatic rings. The van der Waals surface area contributed by atoms with E-state index in [1.54, 1.807) is 44.7 Å². The smallest absolute Gasteiger partial charge is 0.184 e. The lowest BCUT2D eigenvalue weighted by Gasteiger charge is -2.29. The zero-order valence-electron chi connectivity index (χ0n) is 13.3. The number of hydrogen-bond acceptors (Lipinski definition) is 4. The average molecular weight is 322 g/mol. The van der Waals surface area contributed by atoms with Crippen molar-refractivity contribution in [3.05, 3.63) is 71.1 Å². The number of carbonyl (C=O) groups is 1. The minimum atomic E-state index is -0.0576. The van der Waals surface area contributed by atoms with Gasteiger partial charge in [-0.05, 0) is 24.3 Å². The Bertz CT molecular complexity index is 916. The van der Waals surface area contributed by atoms with E-state index >= 15 is 0 Å². The number of rotatable bonds is 2. The number of ketones is 1. The van der Waals surface area contributed by atoms with Crippen molar-refractivity contribution in [2.75, 3.05) is 14.2 Å². The monoisotopic (exact) mass is 322 g/mol. The van der Waals surface area contributed by atoms with Gasteiger partial charge in [0.05, 0.1) is 25.3 Å². The highest BCUT2D eigenvalue weighted by Crippen LogP contribution is 2.38. The van der Waals surface area contributed by atoms with Gasteiger partial charge in [-0.2, -0.15) is 0 Å². The molecule has 2 heterocycles. The Balaban J connectivity index is 1.97. The fraction of sp³-hybridized carbons (Fsp3) is 0.105. The lowest BCUT2D eigenvalue weighted by Crippen LogP contribution is -3.04. The van der Waals surface area contributed by atoms with Gasteiger partial charge in [-0.3, -0.25) is 4.79 Å². The second-order valence-electron chi connectivity index (χ2n) is 5.69. The average Bonchev–Trinajstić information content (AvgIpc) is 2.60. The summed E-state index contributed by atoms with van der Waals surface area (Å²) in [7, 11) is 3.15. The van der Waals surface area contributed by atoms with E-state index in [0.717, 1.165) is 27.4 Å². The van der Waals surface area contributed by atoms with Crippen molar-refractivity contribution in [2.24, 2.45) is 0 Å². The normalized spacial score (nSPS) is 20.8. The molecule has 4 rings (SSSR count). The standard InChI is InChI=1S/C19H15NO4/c1-23-13-8-14-15-6-4-11-3-5-12(21)7-16(11)20(15)10-17(22)19(14)18(9-13)24-2/h3-10,22H,1-2H3/p+1. The summed E-state index contributed by atoms with van der Waals surface area (Å²) in [6, 6.07) is 3.61. The predicted molar refractivity (Wildman–Crippen MR) is 89.4 cm³/mol. The topological polar surface area (TPSA) is 60.2 Å². The third kappa shape index (κ3) is 2.02. The van der Waals surface area contributed by atoms with Crippen LogP contribution in [0.3, 0.4) is 0 Å². The van der Waals surface area contributed by atoms with Crippen molar-refractivity contribution in [3.63, 3.8) is 0 Å². The van der Waals surface area contributed by atoms with Crippen LogP contribution in [-0.4, -0.2) is 25.1 Å². The number of nitrogens with one attached hydrogen (secondary N) is 1. The Hall–Kier alpha value is -3.05. The summed E-state index contributed by atoms with van der Waals surface area (Å²) in [5, 5.41) is 10.6. The third-order valence-corrected chi connectivity index (χ3v) is 4.39. The number of ether oxygens (including phenoxy) is 2. The fourth-order valence-electron chi connectivity index (χ4n) is 3.27. The summed E-state index contributed by atoms with van der Waals surface area (Å²) >= 11 is 0. The molecule has 2 N–H and O–H groups in total. The first-order valence-corrected chi connectivity index (χ1v) is 7.53. The molecular weight excluding hydrogens is 306 g/mol. The van der Waals surface area contributed by atoms with Crippen LogP contribution in [0.15, 0.2) is 60.0 Å². The van der Waals surface area contributed by atoms with Gasteiger partial charge < -0.3 is 14.6 Å². The number of quaternary nitrogens is 1. The first-order valence-electron chi connectivity index (χ1n) is 7.53. The van der Waals surface area contributed by atoms with Crippen LogP contribution in [-0.2, 0) is 4.79 Å². The van der Waals surface area contributed by atoms with Gasteiger partial charge >= 0.3 is 0 Å². The first kappa shape index (κ1) is 14.5. The van der Waals surface area contributed by atoms with E-state index in [0.29, 0.717) is 17.1 Å². The molecule has 1 atom stereocenters. The summed E-state index contributed by atoms with van der Waals surface area (Å²) in [6.45, 7) is 0. The van der Waals surface area contributed by atoms with Crippen LogP contribution in [0, 0.1) is 0 Å². The Morgan fingerprint density at radius 1 is 1.04 bits per heavy atom. The van der Waals surface area contributed by atoms with Crippen molar-refractivity contribution in [3.8, 4) is 11.5 Å². The van der Waals surface area contributed by atoms with Gasteiger partial charge in [-0.15, -0.1) is 0 Å². The van der Waals surface area contributed by atoms with Crippen LogP contribution >= 0.6 is 0 Å². The van der Waals surface area contributed by atoms with Crippen LogP contribution in [0.4, 0.5) is 0 Å². The minimum Gasteiger partial charge on any atom is -0.503 e. The van der Waals surface area contributed by atoms with Crippen molar-refractivity contribution in [1.29, 1.82) is 0 Å². The molecule has 0 fully saturated rings. The van der Waals surface area contributed by atoms with Gasteiger partial charge in [0.15, 0.2) is 17.2 Å². The Morgan fingerprint density at radius 3 is 2.62 bits per heavy atom. The van der Waals surface area contributed by atoms with Crippen molar-refractivity contribution in [1.82, 2.24) is 0 Å². The maximum atomic E-state index is 11.8. The van der Waals surface area contributed by atoms with Gasteiger partial charge in [0, 0.05) is 23.8 Å². The van der Waals surface area contributed by atoms with Crippen molar-refractivity contribution < 1.29 is 24.3 Å². The molecule has 1 aliphatic carbocycles. The highest BCUT2D eigenvalue weighted by atomic mass is 16.5. The van der Waals surface area contributed by atoms with E-state index in [1.807, 2.05) is 18.2 Å².